The van der Waals surface area contributed by atoms with Gasteiger partial charge in [0.25, 0.3) is 0 Å². The Hall–Kier alpha value is 1.49. The first-order valence-electron chi connectivity index (χ1n) is 1.73. The molecule has 0 N–H and O–H groups in total. The molecule has 0 atom stereocenters. The molecular weight excluding hydrogens is 252 g/mol. The zero-order valence-electron chi connectivity index (χ0n) is 3.93. The molecule has 0 fully saturated rings. The monoisotopic (exact) mass is 262 g/mol. The second-order valence-electron chi connectivity index (χ2n) is 1.73. The quantitative estimate of drug-likeness (QED) is 0.578. The largest absolute Gasteiger partial charge is 0 e. The standard InChI is InChI=1S/3CH3.In.Ru/h3*1H3;;. The van der Waals surface area contributed by atoms with Crippen molar-refractivity contribution in [1.82, 2.24) is 0 Å². The van der Waals surface area contributed by atoms with Crippen LogP contribution < -0.4 is 0 Å². The van der Waals surface area contributed by atoms with E-state index in [4.69, 9.17) is 0 Å². The van der Waals surface area contributed by atoms with E-state index in [0.29, 0.717) is 0 Å². The predicted octanol–water partition coefficient (Wildman–Crippen LogP) is 1.37. The molecule has 0 amide bonds. The Labute approximate surface area is 54.6 Å². The SMILES string of the molecule is [CH3][In]([CH3])[CH3].[Ru]. The number of hydrogen-bond acceptors (Lipinski definition) is 0. The van der Waals surface area contributed by atoms with Gasteiger partial charge in [-0.25, -0.2) is 0 Å². The van der Waals surface area contributed by atoms with Crippen LogP contribution in [0, 0.1) is 0 Å². The molecule has 0 aromatic carbocycles. The van der Waals surface area contributed by atoms with Gasteiger partial charge in [-0.3, -0.25) is 0 Å². The van der Waals surface area contributed by atoms with Crippen molar-refractivity contribution in [2.75, 3.05) is 0 Å². The van der Waals surface area contributed by atoms with E-state index in [1.807, 2.05) is 0 Å². The zero-order chi connectivity index (χ0) is 3.58. The van der Waals surface area contributed by atoms with E-state index in [-0.39, 0.29) is 19.5 Å². The van der Waals surface area contributed by atoms with Gasteiger partial charge >= 0.3 is 35.5 Å². The molecule has 0 aromatic rings. The van der Waals surface area contributed by atoms with Crippen LogP contribution >= 0.6 is 0 Å². The molecule has 0 nitrogen and oxygen atoms in total. The minimum atomic E-state index is -0.637. The topological polar surface area (TPSA) is 0 Å². The Balaban J connectivity index is 0. The Bertz CT molecular complexity index is 11.6. The molecule has 5 heavy (non-hydrogen) atoms. The Kier molecular flexibility index (Phi) is 10.7. The normalized spacial score (nSPS) is 5.40. The van der Waals surface area contributed by atoms with Gasteiger partial charge in [-0.05, 0) is 0 Å². The molecule has 0 aliphatic heterocycles. The average Bonchev–Trinajstić information content (AvgIpc) is 0.811. The summed E-state index contributed by atoms with van der Waals surface area (Å²) in [6.07, 6.45) is 0. The van der Waals surface area contributed by atoms with Gasteiger partial charge in [0.15, 0.2) is 0 Å². The van der Waals surface area contributed by atoms with Gasteiger partial charge in [-0.1, -0.05) is 0 Å². The zero-order valence-corrected chi connectivity index (χ0v) is 8.96. The Morgan fingerprint density at radius 1 is 1.00 bits per heavy atom. The molecule has 0 aliphatic carbocycles. The first kappa shape index (κ1) is 9.71. The summed E-state index contributed by atoms with van der Waals surface area (Å²) in [5, 5.41) is 0. The molecule has 0 unspecified atom stereocenters. The van der Waals surface area contributed by atoms with Gasteiger partial charge in [0, 0.05) is 19.5 Å². The summed E-state index contributed by atoms with van der Waals surface area (Å²) < 4.78 is 7.13. The van der Waals surface area contributed by atoms with Crippen LogP contribution in [0.1, 0.15) is 0 Å². The first-order valence-corrected chi connectivity index (χ1v) is 11.6. The molecule has 0 aliphatic rings. The maximum atomic E-state index is 2.38. The van der Waals surface area contributed by atoms with Gasteiger partial charge < -0.3 is 0 Å². The number of hydrogen-bond donors (Lipinski definition) is 0. The second-order valence-corrected chi connectivity index (χ2v) is 11.6. The van der Waals surface area contributed by atoms with Gasteiger partial charge in [0.2, 0.25) is 0 Å². The fourth-order valence-corrected chi connectivity index (χ4v) is 0. The van der Waals surface area contributed by atoms with Gasteiger partial charge in [-0.2, -0.15) is 0 Å². The predicted molar refractivity (Wildman–Crippen MR) is 23.3 cm³/mol. The van der Waals surface area contributed by atoms with Crippen LogP contribution in [0.2, 0.25) is 14.0 Å². The van der Waals surface area contributed by atoms with Crippen molar-refractivity contribution in [3.05, 3.63) is 0 Å². The molecule has 2 heteroatoms. The van der Waals surface area contributed by atoms with E-state index in [0.717, 1.165) is 0 Å². The van der Waals surface area contributed by atoms with Gasteiger partial charge in [0.1, 0.15) is 0 Å². The molecule has 0 heterocycles. The minimum Gasteiger partial charge on any atom is 0 e. The van der Waals surface area contributed by atoms with Crippen molar-refractivity contribution in [1.29, 1.82) is 0 Å². The van der Waals surface area contributed by atoms with Crippen molar-refractivity contribution in [3.63, 3.8) is 0 Å². The molecule has 0 radical (unpaired) electrons. The summed E-state index contributed by atoms with van der Waals surface area (Å²) >= 11 is -0.637. The van der Waals surface area contributed by atoms with Crippen molar-refractivity contribution in [2.24, 2.45) is 0 Å². The van der Waals surface area contributed by atoms with E-state index >= 15 is 0 Å². The smallest absolute Gasteiger partial charge is 0 e. The number of rotatable bonds is 0. The van der Waals surface area contributed by atoms with Crippen molar-refractivity contribution >= 4 is 21.4 Å². The van der Waals surface area contributed by atoms with Crippen LogP contribution in [0.15, 0.2) is 0 Å². The summed E-state index contributed by atoms with van der Waals surface area (Å²) in [4.78, 5) is 0. The summed E-state index contributed by atoms with van der Waals surface area (Å²) in [6, 6.07) is 0. The summed E-state index contributed by atoms with van der Waals surface area (Å²) in [5.41, 5.74) is 0. The fourth-order valence-electron chi connectivity index (χ4n) is 0. The molecule has 0 rings (SSSR count). The molecule has 0 saturated heterocycles. The third kappa shape index (κ3) is 30.1. The molecule has 0 bridgehead atoms. The van der Waals surface area contributed by atoms with E-state index < -0.39 is 21.4 Å². The molecule has 0 aromatic heterocycles. The summed E-state index contributed by atoms with van der Waals surface area (Å²) in [6.45, 7) is 0. The van der Waals surface area contributed by atoms with Crippen LogP contribution in [0.25, 0.3) is 0 Å². The third-order valence-corrected chi connectivity index (χ3v) is 0. The summed E-state index contributed by atoms with van der Waals surface area (Å²) in [5.74, 6) is 0. The van der Waals surface area contributed by atoms with Crippen LogP contribution in [0.5, 0.6) is 0 Å². The van der Waals surface area contributed by atoms with E-state index in [1.54, 1.807) is 0 Å². The minimum absolute atomic E-state index is 0. The van der Waals surface area contributed by atoms with E-state index in [9.17, 15) is 0 Å². The maximum Gasteiger partial charge on any atom is 0 e. The van der Waals surface area contributed by atoms with E-state index in [2.05, 4.69) is 14.0 Å². The molecular formula is C3H9InRu. The fraction of sp³-hybridized carbons (Fsp3) is 1.00. The van der Waals surface area contributed by atoms with Gasteiger partial charge in [0.05, 0.1) is 0 Å². The Morgan fingerprint density at radius 3 is 1.00 bits per heavy atom. The van der Waals surface area contributed by atoms with Crippen molar-refractivity contribution in [2.45, 2.75) is 14.0 Å². The van der Waals surface area contributed by atoms with Crippen molar-refractivity contribution in [3.8, 4) is 0 Å². The van der Waals surface area contributed by atoms with Crippen LogP contribution in [-0.4, -0.2) is 21.4 Å². The maximum absolute atomic E-state index is 2.38. The van der Waals surface area contributed by atoms with Crippen LogP contribution in [-0.2, 0) is 19.5 Å². The molecule has 0 spiro atoms. The Morgan fingerprint density at radius 2 is 1.00 bits per heavy atom. The molecule has 0 saturated carbocycles. The van der Waals surface area contributed by atoms with Gasteiger partial charge in [-0.15, -0.1) is 0 Å². The van der Waals surface area contributed by atoms with E-state index in [1.165, 1.54) is 0 Å². The molecule has 32 valence electrons. The van der Waals surface area contributed by atoms with Crippen LogP contribution in [0.4, 0.5) is 0 Å². The third-order valence-electron chi connectivity index (χ3n) is 0. The average molecular weight is 261 g/mol. The summed E-state index contributed by atoms with van der Waals surface area (Å²) in [7, 11) is 0. The first-order chi connectivity index (χ1) is 1.73. The second kappa shape index (κ2) is 5.49. The van der Waals surface area contributed by atoms with Crippen molar-refractivity contribution < 1.29 is 19.5 Å². The van der Waals surface area contributed by atoms with Crippen LogP contribution in [0.3, 0.4) is 0 Å².